The van der Waals surface area contributed by atoms with Crippen LogP contribution in [0, 0.1) is 0 Å². The van der Waals surface area contributed by atoms with Gasteiger partial charge in [0.15, 0.2) is 0 Å². The Bertz CT molecular complexity index is 372. The lowest BCUT2D eigenvalue weighted by Gasteiger charge is -2.05. The first-order valence-corrected chi connectivity index (χ1v) is 5.53. The first-order chi connectivity index (χ1) is 6.66. The van der Waals surface area contributed by atoms with Crippen molar-refractivity contribution in [2.75, 3.05) is 0 Å². The van der Waals surface area contributed by atoms with Gasteiger partial charge in [0.2, 0.25) is 5.91 Å². The van der Waals surface area contributed by atoms with E-state index in [4.69, 9.17) is 5.73 Å². The molecule has 1 fully saturated rings. The molecule has 0 unspecified atom stereocenters. The Morgan fingerprint density at radius 1 is 1.50 bits per heavy atom. The lowest BCUT2D eigenvalue weighted by atomic mass is 10.1. The van der Waals surface area contributed by atoms with E-state index in [9.17, 15) is 4.79 Å². The van der Waals surface area contributed by atoms with Crippen LogP contribution in [0.3, 0.4) is 0 Å². The smallest absolute Gasteiger partial charge is 0.221 e. The van der Waals surface area contributed by atoms with E-state index in [1.807, 2.05) is 6.07 Å². The highest BCUT2D eigenvalue weighted by atomic mass is 79.9. The molecular weight excluding hydrogens is 242 g/mol. The monoisotopic (exact) mass is 253 g/mol. The molecule has 3 heteroatoms. The van der Waals surface area contributed by atoms with E-state index in [-0.39, 0.29) is 5.91 Å². The highest BCUT2D eigenvalue weighted by Gasteiger charge is 2.23. The molecule has 0 radical (unpaired) electrons. The van der Waals surface area contributed by atoms with Crippen LogP contribution in [-0.4, -0.2) is 5.91 Å². The molecule has 2 nitrogen and oxygen atoms in total. The van der Waals surface area contributed by atoms with Gasteiger partial charge in [-0.3, -0.25) is 4.79 Å². The van der Waals surface area contributed by atoms with Crippen molar-refractivity contribution in [3.63, 3.8) is 0 Å². The molecule has 0 heterocycles. The fourth-order valence-corrected chi connectivity index (χ4v) is 1.98. The van der Waals surface area contributed by atoms with Gasteiger partial charge in [-0.05, 0) is 36.0 Å². The molecule has 0 aliphatic heterocycles. The van der Waals surface area contributed by atoms with Crippen LogP contribution in [0.2, 0.25) is 0 Å². The van der Waals surface area contributed by atoms with Gasteiger partial charge in [-0.2, -0.15) is 0 Å². The van der Waals surface area contributed by atoms with E-state index < -0.39 is 0 Å². The number of nitrogens with two attached hydrogens (primary N) is 1. The molecule has 1 aromatic rings. The second-order valence-corrected chi connectivity index (χ2v) is 4.62. The molecule has 0 aromatic heterocycles. The van der Waals surface area contributed by atoms with Gasteiger partial charge in [0, 0.05) is 4.47 Å². The highest BCUT2D eigenvalue weighted by Crippen LogP contribution is 2.41. The van der Waals surface area contributed by atoms with Crippen molar-refractivity contribution in [2.45, 2.75) is 25.2 Å². The van der Waals surface area contributed by atoms with Gasteiger partial charge in [-0.1, -0.05) is 28.1 Å². The summed E-state index contributed by atoms with van der Waals surface area (Å²) in [6.45, 7) is 0. The fraction of sp³-hybridized carbons (Fsp3) is 0.364. The Labute approximate surface area is 91.6 Å². The zero-order chi connectivity index (χ0) is 10.1. The summed E-state index contributed by atoms with van der Waals surface area (Å²) in [6, 6.07) is 6.21. The predicted octanol–water partition coefficient (Wildman–Crippen LogP) is 2.35. The molecule has 1 aromatic carbocycles. The number of carbonyl (C=O) groups excluding carboxylic acids is 1. The molecule has 0 bridgehead atoms. The van der Waals surface area contributed by atoms with E-state index in [1.54, 1.807) is 0 Å². The Balaban J connectivity index is 2.26. The Morgan fingerprint density at radius 3 is 2.79 bits per heavy atom. The van der Waals surface area contributed by atoms with Crippen LogP contribution in [0.25, 0.3) is 0 Å². The second-order valence-electron chi connectivity index (χ2n) is 3.77. The molecule has 1 amide bonds. The van der Waals surface area contributed by atoms with Crippen molar-refractivity contribution in [1.29, 1.82) is 0 Å². The molecule has 0 saturated heterocycles. The van der Waals surface area contributed by atoms with Crippen LogP contribution in [-0.2, 0) is 11.2 Å². The largest absolute Gasteiger partial charge is 0.369 e. The predicted molar refractivity (Wildman–Crippen MR) is 59.0 cm³/mol. The van der Waals surface area contributed by atoms with Crippen molar-refractivity contribution < 1.29 is 4.79 Å². The lowest BCUT2D eigenvalue weighted by molar-refractivity contribution is -0.117. The van der Waals surface area contributed by atoms with Crippen molar-refractivity contribution >= 4 is 21.8 Å². The van der Waals surface area contributed by atoms with Crippen molar-refractivity contribution in [3.05, 3.63) is 33.8 Å². The van der Waals surface area contributed by atoms with Crippen LogP contribution in [0.5, 0.6) is 0 Å². The molecular formula is C11H12BrNO. The summed E-state index contributed by atoms with van der Waals surface area (Å²) in [6.07, 6.45) is 2.87. The molecule has 2 N–H and O–H groups in total. The summed E-state index contributed by atoms with van der Waals surface area (Å²) >= 11 is 3.42. The molecule has 74 valence electrons. The number of carbonyl (C=O) groups is 1. The maximum Gasteiger partial charge on any atom is 0.221 e. The summed E-state index contributed by atoms with van der Waals surface area (Å²) in [7, 11) is 0. The number of rotatable bonds is 3. The van der Waals surface area contributed by atoms with E-state index in [1.165, 1.54) is 18.4 Å². The average molecular weight is 254 g/mol. The van der Waals surface area contributed by atoms with E-state index >= 15 is 0 Å². The lowest BCUT2D eigenvalue weighted by Crippen LogP contribution is -2.14. The van der Waals surface area contributed by atoms with Gasteiger partial charge in [0.1, 0.15) is 0 Å². The number of amides is 1. The first kappa shape index (κ1) is 9.71. The summed E-state index contributed by atoms with van der Waals surface area (Å²) in [5.74, 6) is 0.438. The van der Waals surface area contributed by atoms with Crippen LogP contribution in [0.15, 0.2) is 22.7 Å². The van der Waals surface area contributed by atoms with Gasteiger partial charge in [-0.15, -0.1) is 0 Å². The highest BCUT2D eigenvalue weighted by molar-refractivity contribution is 9.10. The summed E-state index contributed by atoms with van der Waals surface area (Å²) < 4.78 is 0.973. The summed E-state index contributed by atoms with van der Waals surface area (Å²) in [5, 5.41) is 0. The Hall–Kier alpha value is -0.830. The molecule has 2 rings (SSSR count). The third-order valence-electron chi connectivity index (χ3n) is 2.48. The molecule has 0 atom stereocenters. The minimum absolute atomic E-state index is 0.279. The van der Waals surface area contributed by atoms with Gasteiger partial charge < -0.3 is 5.73 Å². The number of hydrogen-bond donors (Lipinski definition) is 1. The van der Waals surface area contributed by atoms with Crippen LogP contribution >= 0.6 is 15.9 Å². The van der Waals surface area contributed by atoms with E-state index in [0.717, 1.165) is 16.0 Å². The number of benzene rings is 1. The van der Waals surface area contributed by atoms with Gasteiger partial charge in [-0.25, -0.2) is 0 Å². The van der Waals surface area contributed by atoms with Crippen molar-refractivity contribution in [2.24, 2.45) is 5.73 Å². The summed E-state index contributed by atoms with van der Waals surface area (Å²) in [4.78, 5) is 10.8. The SMILES string of the molecule is NC(=O)Cc1cc(C2CC2)ccc1Br. The average Bonchev–Trinajstić information content (AvgIpc) is 2.91. The standard InChI is InChI=1S/C11H12BrNO/c12-10-4-3-8(7-1-2-7)5-9(10)6-11(13)14/h3-5,7H,1-2,6H2,(H2,13,14). The van der Waals surface area contributed by atoms with Gasteiger partial charge in [0.25, 0.3) is 0 Å². The van der Waals surface area contributed by atoms with E-state index in [0.29, 0.717) is 6.42 Å². The molecule has 1 aliphatic carbocycles. The van der Waals surface area contributed by atoms with Crippen LogP contribution in [0.1, 0.15) is 29.9 Å². The van der Waals surface area contributed by atoms with Crippen molar-refractivity contribution in [3.8, 4) is 0 Å². The number of hydrogen-bond acceptors (Lipinski definition) is 1. The third-order valence-corrected chi connectivity index (χ3v) is 3.26. The Morgan fingerprint density at radius 2 is 2.21 bits per heavy atom. The molecule has 1 aliphatic rings. The quantitative estimate of drug-likeness (QED) is 0.883. The minimum atomic E-state index is -0.279. The second kappa shape index (κ2) is 3.73. The zero-order valence-corrected chi connectivity index (χ0v) is 9.38. The molecule has 1 saturated carbocycles. The topological polar surface area (TPSA) is 43.1 Å². The number of primary amides is 1. The van der Waals surface area contributed by atoms with E-state index in [2.05, 4.69) is 28.1 Å². The van der Waals surface area contributed by atoms with Gasteiger partial charge >= 0.3 is 0 Å². The zero-order valence-electron chi connectivity index (χ0n) is 7.79. The fourth-order valence-electron chi connectivity index (χ4n) is 1.59. The maximum atomic E-state index is 10.8. The minimum Gasteiger partial charge on any atom is -0.369 e. The first-order valence-electron chi connectivity index (χ1n) is 4.73. The normalized spacial score (nSPS) is 15.5. The van der Waals surface area contributed by atoms with Crippen LogP contribution in [0.4, 0.5) is 0 Å². The summed E-state index contributed by atoms with van der Waals surface area (Å²) in [5.41, 5.74) is 7.51. The van der Waals surface area contributed by atoms with Gasteiger partial charge in [0.05, 0.1) is 6.42 Å². The third kappa shape index (κ3) is 2.15. The Kier molecular flexibility index (Phi) is 2.59. The maximum absolute atomic E-state index is 10.8. The van der Waals surface area contributed by atoms with Crippen LogP contribution < -0.4 is 5.73 Å². The van der Waals surface area contributed by atoms with Crippen molar-refractivity contribution in [1.82, 2.24) is 0 Å². The molecule has 14 heavy (non-hydrogen) atoms. The number of halogens is 1. The molecule has 0 spiro atoms.